The first-order valence-electron chi connectivity index (χ1n) is 13.3. The van der Waals surface area contributed by atoms with Crippen LogP contribution in [-0.4, -0.2) is 47.6 Å². The lowest BCUT2D eigenvalue weighted by molar-refractivity contribution is 0.0434. The van der Waals surface area contributed by atoms with E-state index in [0.717, 1.165) is 60.9 Å². The van der Waals surface area contributed by atoms with E-state index in [-0.39, 0.29) is 11.9 Å². The smallest absolute Gasteiger partial charge is 0.251 e. The van der Waals surface area contributed by atoms with Gasteiger partial charge < -0.3 is 15.0 Å². The number of nitrogens with zero attached hydrogens (tertiary/aromatic N) is 1. The Morgan fingerprint density at radius 2 is 2.00 bits per heavy atom. The van der Waals surface area contributed by atoms with Gasteiger partial charge >= 0.3 is 0 Å². The number of aromatic nitrogens is 1. The third kappa shape index (κ3) is 4.73. The second-order valence-corrected chi connectivity index (χ2v) is 10.7. The lowest BCUT2D eigenvalue weighted by Crippen LogP contribution is -2.51. The summed E-state index contributed by atoms with van der Waals surface area (Å²) in [6.45, 7) is 2.25. The first-order valence-corrected chi connectivity index (χ1v) is 13.3. The maximum Gasteiger partial charge on any atom is 0.251 e. The van der Waals surface area contributed by atoms with Crippen molar-refractivity contribution in [3.8, 4) is 5.75 Å². The number of halogens is 2. The van der Waals surface area contributed by atoms with E-state index < -0.39 is 11.6 Å². The summed E-state index contributed by atoms with van der Waals surface area (Å²) < 4.78 is 34.1. The fourth-order valence-corrected chi connectivity index (χ4v) is 5.72. The highest BCUT2D eigenvalue weighted by Gasteiger charge is 2.34. The highest BCUT2D eigenvalue weighted by Crippen LogP contribution is 2.34. The van der Waals surface area contributed by atoms with Gasteiger partial charge in [0.1, 0.15) is 24.0 Å². The van der Waals surface area contributed by atoms with Gasteiger partial charge in [0.05, 0.1) is 5.52 Å². The van der Waals surface area contributed by atoms with Gasteiger partial charge in [0.2, 0.25) is 0 Å². The van der Waals surface area contributed by atoms with Gasteiger partial charge in [0, 0.05) is 47.4 Å². The van der Waals surface area contributed by atoms with Gasteiger partial charge in [-0.05, 0) is 81.2 Å². The fraction of sp³-hybridized carbons (Fsp3) is 0.483. The number of carbonyl (C=O) groups is 1. The van der Waals surface area contributed by atoms with E-state index in [2.05, 4.69) is 15.2 Å². The Kier molecular flexibility index (Phi) is 6.42. The van der Waals surface area contributed by atoms with Crippen molar-refractivity contribution in [1.29, 1.82) is 0 Å². The van der Waals surface area contributed by atoms with E-state index in [4.69, 9.17) is 4.74 Å². The summed E-state index contributed by atoms with van der Waals surface area (Å²) in [5.74, 6) is 0.352. The number of amides is 1. The number of nitrogens with one attached hydrogen (secondary N) is 2. The molecule has 2 N–H and O–H groups in total. The first-order chi connectivity index (χ1) is 17.6. The topological polar surface area (TPSA) is 57.4 Å². The molecule has 0 spiro atoms. The molecule has 3 aromatic rings. The average Bonchev–Trinajstić information content (AvgIpc) is 3.59. The normalized spacial score (nSPS) is 19.7. The number of carbonyl (C=O) groups excluding carboxylic acids is 1. The van der Waals surface area contributed by atoms with Gasteiger partial charge in [-0.25, -0.2) is 8.78 Å². The maximum atomic E-state index is 14.1. The van der Waals surface area contributed by atoms with Gasteiger partial charge in [0.25, 0.3) is 5.91 Å². The van der Waals surface area contributed by atoms with E-state index in [9.17, 15) is 13.6 Å². The van der Waals surface area contributed by atoms with Crippen LogP contribution in [0.25, 0.3) is 10.9 Å². The number of aromatic amines is 1. The summed E-state index contributed by atoms with van der Waals surface area (Å²) >= 11 is 0. The molecule has 1 aliphatic heterocycles. The molecule has 0 radical (unpaired) electrons. The van der Waals surface area contributed by atoms with E-state index in [1.807, 2.05) is 18.2 Å². The number of hydrogen-bond acceptors (Lipinski definition) is 3. The lowest BCUT2D eigenvalue weighted by atomic mass is 9.87. The number of rotatable bonds is 9. The van der Waals surface area contributed by atoms with E-state index in [0.29, 0.717) is 29.5 Å². The Balaban J connectivity index is 1.15. The van der Waals surface area contributed by atoms with Crippen molar-refractivity contribution in [3.63, 3.8) is 0 Å². The van der Waals surface area contributed by atoms with Crippen LogP contribution in [0.1, 0.15) is 60.0 Å². The molecule has 2 heterocycles. The largest absolute Gasteiger partial charge is 0.492 e. The van der Waals surface area contributed by atoms with Gasteiger partial charge in [-0.15, -0.1) is 0 Å². The predicted octanol–water partition coefficient (Wildman–Crippen LogP) is 5.38. The molecule has 5 nitrogen and oxygen atoms in total. The van der Waals surface area contributed by atoms with Crippen LogP contribution in [0.15, 0.2) is 36.5 Å². The van der Waals surface area contributed by atoms with Crippen molar-refractivity contribution in [2.75, 3.05) is 19.7 Å². The zero-order valence-corrected chi connectivity index (χ0v) is 20.5. The second-order valence-electron chi connectivity index (χ2n) is 10.7. The molecule has 0 saturated heterocycles. The standard InChI is InChI=1S/C29H33F2N3O2/c30-20-12-24-19(16-32-28(24)26(31)13-20)4-3-11-34(21-5-1-6-21)22-14-25-23(7-2-8-27(25)36-17-22)29(35)33-15-18-9-10-18/h2,7-8,12-13,16,18,21-22,32H,1,3-6,9-11,14-15,17H2,(H,33,35). The molecular weight excluding hydrogens is 460 g/mol. The van der Waals surface area contributed by atoms with Crippen LogP contribution in [0, 0.1) is 17.6 Å². The Labute approximate surface area is 210 Å². The summed E-state index contributed by atoms with van der Waals surface area (Å²) in [6, 6.07) is 8.84. The molecule has 2 fully saturated rings. The molecule has 6 rings (SSSR count). The molecule has 190 valence electrons. The number of ether oxygens (including phenoxy) is 1. The van der Waals surface area contributed by atoms with Crippen LogP contribution in [0.5, 0.6) is 5.75 Å². The molecule has 1 amide bonds. The molecule has 1 aromatic heterocycles. The van der Waals surface area contributed by atoms with Crippen LogP contribution >= 0.6 is 0 Å². The summed E-state index contributed by atoms with van der Waals surface area (Å²) in [4.78, 5) is 18.5. The lowest BCUT2D eigenvalue weighted by Gasteiger charge is -2.44. The molecule has 2 aliphatic carbocycles. The molecule has 2 aromatic carbocycles. The number of H-pyrrole nitrogens is 1. The monoisotopic (exact) mass is 493 g/mol. The minimum absolute atomic E-state index is 0.00278. The SMILES string of the molecule is O=C(NCC1CC1)c1cccc2c1CC(N(CCCc1c[nH]c3c(F)cc(F)cc13)C1CCC1)CO2. The van der Waals surface area contributed by atoms with Crippen LogP contribution in [0.3, 0.4) is 0 Å². The van der Waals surface area contributed by atoms with Crippen molar-refractivity contribution in [1.82, 2.24) is 15.2 Å². The second kappa shape index (κ2) is 9.85. The summed E-state index contributed by atoms with van der Waals surface area (Å²) in [5, 5.41) is 3.73. The molecule has 3 aliphatic rings. The third-order valence-corrected chi connectivity index (χ3v) is 8.16. The maximum absolute atomic E-state index is 14.1. The van der Waals surface area contributed by atoms with Gasteiger partial charge in [-0.1, -0.05) is 12.5 Å². The quantitative estimate of drug-likeness (QED) is 0.421. The summed E-state index contributed by atoms with van der Waals surface area (Å²) in [6.07, 6.45) is 10.2. The predicted molar refractivity (Wildman–Crippen MR) is 135 cm³/mol. The molecular formula is C29H33F2N3O2. The molecule has 2 saturated carbocycles. The van der Waals surface area contributed by atoms with Crippen LogP contribution in [0.4, 0.5) is 8.78 Å². The van der Waals surface area contributed by atoms with Gasteiger partial charge in [-0.3, -0.25) is 9.69 Å². The van der Waals surface area contributed by atoms with E-state index in [1.54, 1.807) is 6.20 Å². The highest BCUT2D eigenvalue weighted by molar-refractivity contribution is 5.96. The van der Waals surface area contributed by atoms with Crippen LogP contribution in [-0.2, 0) is 12.8 Å². The van der Waals surface area contributed by atoms with Crippen LogP contribution < -0.4 is 10.1 Å². The summed E-state index contributed by atoms with van der Waals surface area (Å²) in [5.41, 5.74) is 3.05. The molecule has 1 atom stereocenters. The van der Waals surface area contributed by atoms with Gasteiger partial charge in [-0.2, -0.15) is 0 Å². The van der Waals surface area contributed by atoms with Crippen molar-refractivity contribution >= 4 is 16.8 Å². The fourth-order valence-electron chi connectivity index (χ4n) is 5.72. The first kappa shape index (κ1) is 23.5. The number of benzene rings is 2. The zero-order chi connectivity index (χ0) is 24.6. The third-order valence-electron chi connectivity index (χ3n) is 8.16. The zero-order valence-electron chi connectivity index (χ0n) is 20.5. The van der Waals surface area contributed by atoms with E-state index >= 15 is 0 Å². The van der Waals surface area contributed by atoms with Crippen LogP contribution in [0.2, 0.25) is 0 Å². The Bertz CT molecular complexity index is 1260. The Morgan fingerprint density at radius 1 is 1.14 bits per heavy atom. The van der Waals surface area contributed by atoms with Crippen molar-refractivity contribution in [3.05, 3.63) is 64.9 Å². The minimum Gasteiger partial charge on any atom is -0.492 e. The molecule has 7 heteroatoms. The van der Waals surface area contributed by atoms with Gasteiger partial charge in [0.15, 0.2) is 0 Å². The van der Waals surface area contributed by atoms with E-state index in [1.165, 1.54) is 38.2 Å². The molecule has 0 bridgehead atoms. The van der Waals surface area contributed by atoms with Crippen molar-refractivity contribution in [2.45, 2.75) is 63.5 Å². The molecule has 1 unspecified atom stereocenters. The van der Waals surface area contributed by atoms with Crippen molar-refractivity contribution in [2.24, 2.45) is 5.92 Å². The number of aryl methyl sites for hydroxylation is 1. The molecule has 36 heavy (non-hydrogen) atoms. The highest BCUT2D eigenvalue weighted by atomic mass is 19.1. The summed E-state index contributed by atoms with van der Waals surface area (Å²) in [7, 11) is 0. The Hall–Kier alpha value is -2.93. The average molecular weight is 494 g/mol. The minimum atomic E-state index is -0.553. The number of fused-ring (bicyclic) bond motifs is 2. The van der Waals surface area contributed by atoms with Crippen molar-refractivity contribution < 1.29 is 18.3 Å². The Morgan fingerprint density at radius 3 is 2.78 bits per heavy atom. The number of hydrogen-bond donors (Lipinski definition) is 2.